The molecule has 7 heteroatoms. The molecule has 0 aliphatic heterocycles. The van der Waals surface area contributed by atoms with Crippen LogP contribution < -0.4 is 10.5 Å². The fourth-order valence-electron chi connectivity index (χ4n) is 3.27. The highest BCUT2D eigenvalue weighted by atomic mass is 19.1. The molecule has 27 heavy (non-hydrogen) atoms. The van der Waals surface area contributed by atoms with Crippen LogP contribution in [0.5, 0.6) is 0 Å². The second kappa shape index (κ2) is 7.90. The number of nitrogens with zero attached hydrogens (tertiary/aromatic N) is 4. The molecule has 0 fully saturated rings. The molecule has 0 aliphatic carbocycles. The number of nitrogens with one attached hydrogen (secondary N) is 1. The van der Waals surface area contributed by atoms with Gasteiger partial charge in [-0.25, -0.2) is 9.37 Å². The summed E-state index contributed by atoms with van der Waals surface area (Å²) in [5, 5.41) is 4.47. The molecule has 1 N–H and O–H groups in total. The van der Waals surface area contributed by atoms with E-state index in [0.29, 0.717) is 29.4 Å². The van der Waals surface area contributed by atoms with Crippen LogP contribution in [0.4, 0.5) is 10.3 Å². The van der Waals surface area contributed by atoms with Crippen LogP contribution >= 0.6 is 0 Å². The summed E-state index contributed by atoms with van der Waals surface area (Å²) in [5.41, 5.74) is 2.76. The molecular formula is C20H26FN5O. The molecule has 6 nitrogen and oxygen atoms in total. The Bertz CT molecular complexity index is 974. The molecule has 0 aliphatic rings. The Hall–Kier alpha value is -2.70. The highest BCUT2D eigenvalue weighted by molar-refractivity contribution is 5.77. The van der Waals surface area contributed by atoms with Crippen molar-refractivity contribution in [2.45, 2.75) is 40.2 Å². The quantitative estimate of drug-likeness (QED) is 0.691. The van der Waals surface area contributed by atoms with Gasteiger partial charge in [0.25, 0.3) is 5.56 Å². The first kappa shape index (κ1) is 19.1. The summed E-state index contributed by atoms with van der Waals surface area (Å²) in [6.45, 7) is 7.56. The summed E-state index contributed by atoms with van der Waals surface area (Å²) in [6, 6.07) is 6.41. The Morgan fingerprint density at radius 1 is 1.26 bits per heavy atom. The van der Waals surface area contributed by atoms with Gasteiger partial charge in [-0.3, -0.25) is 14.5 Å². The largest absolute Gasteiger partial charge is 0.338 e. The van der Waals surface area contributed by atoms with E-state index in [1.807, 2.05) is 4.90 Å². The molecule has 2 heterocycles. The molecule has 2 aromatic heterocycles. The summed E-state index contributed by atoms with van der Waals surface area (Å²) in [7, 11) is 1.77. The predicted octanol–water partition coefficient (Wildman–Crippen LogP) is 3.41. The zero-order valence-electron chi connectivity index (χ0n) is 16.3. The Morgan fingerprint density at radius 3 is 2.59 bits per heavy atom. The fraction of sp³-hybridized carbons (Fsp3) is 0.450. The number of aromatic nitrogens is 4. The lowest BCUT2D eigenvalue weighted by Crippen LogP contribution is -2.30. The van der Waals surface area contributed by atoms with Gasteiger partial charge in [0.2, 0.25) is 5.95 Å². The maximum Gasteiger partial charge on any atom is 0.278 e. The molecule has 0 spiro atoms. The van der Waals surface area contributed by atoms with Crippen molar-refractivity contribution in [3.8, 4) is 0 Å². The second-order valence-corrected chi connectivity index (χ2v) is 7.31. The maximum atomic E-state index is 13.2. The van der Waals surface area contributed by atoms with Crippen LogP contribution in [0.2, 0.25) is 0 Å². The van der Waals surface area contributed by atoms with Crippen LogP contribution in [-0.4, -0.2) is 26.3 Å². The summed E-state index contributed by atoms with van der Waals surface area (Å²) in [5.74, 6) is 0.632. The first-order valence-corrected chi connectivity index (χ1v) is 9.34. The van der Waals surface area contributed by atoms with Gasteiger partial charge in [-0.15, -0.1) is 0 Å². The molecule has 1 aromatic carbocycles. The van der Waals surface area contributed by atoms with E-state index in [1.165, 1.54) is 12.1 Å². The topological polar surface area (TPSA) is 66.8 Å². The number of fused-ring (bicyclic) bond motifs is 1. The number of aromatic amines is 1. The lowest BCUT2D eigenvalue weighted by molar-refractivity contribution is 0.597. The summed E-state index contributed by atoms with van der Waals surface area (Å²) < 4.78 is 14.8. The lowest BCUT2D eigenvalue weighted by Gasteiger charge is -2.25. The van der Waals surface area contributed by atoms with Crippen LogP contribution in [0, 0.1) is 11.7 Å². The minimum atomic E-state index is -0.262. The van der Waals surface area contributed by atoms with Crippen molar-refractivity contribution in [3.05, 3.63) is 51.7 Å². The molecule has 0 saturated heterocycles. The van der Waals surface area contributed by atoms with Crippen molar-refractivity contribution in [2.75, 3.05) is 11.4 Å². The van der Waals surface area contributed by atoms with E-state index in [9.17, 15) is 9.18 Å². The van der Waals surface area contributed by atoms with Gasteiger partial charge in [0, 0.05) is 20.1 Å². The first-order chi connectivity index (χ1) is 12.9. The van der Waals surface area contributed by atoms with Gasteiger partial charge in [-0.1, -0.05) is 39.3 Å². The molecule has 0 saturated carbocycles. The predicted molar refractivity (Wildman–Crippen MR) is 105 cm³/mol. The molecule has 3 rings (SSSR count). The Kier molecular flexibility index (Phi) is 5.58. The highest BCUT2D eigenvalue weighted by Crippen LogP contribution is 2.19. The third-order valence-electron chi connectivity index (χ3n) is 4.41. The smallest absolute Gasteiger partial charge is 0.278 e. The number of H-pyrrole nitrogens is 1. The maximum absolute atomic E-state index is 13.2. The van der Waals surface area contributed by atoms with E-state index in [-0.39, 0.29) is 11.4 Å². The fourth-order valence-corrected chi connectivity index (χ4v) is 3.27. The van der Waals surface area contributed by atoms with Crippen molar-refractivity contribution in [1.82, 2.24) is 19.7 Å². The number of hydrogen-bond acceptors (Lipinski definition) is 4. The lowest BCUT2D eigenvalue weighted by atomic mass is 10.1. The molecule has 3 aromatic rings. The van der Waals surface area contributed by atoms with E-state index in [4.69, 9.17) is 4.98 Å². The van der Waals surface area contributed by atoms with Crippen LogP contribution in [0.15, 0.2) is 29.1 Å². The SMILES string of the molecule is CCCc1nn(C)c2c(=O)[nH]c(N(Cc3ccc(F)cc3)CC(C)C)nc12. The normalized spacial score (nSPS) is 11.5. The molecule has 0 radical (unpaired) electrons. The number of halogens is 1. The molecule has 0 unspecified atom stereocenters. The van der Waals surface area contributed by atoms with Gasteiger partial charge in [-0.2, -0.15) is 5.10 Å². The van der Waals surface area contributed by atoms with Gasteiger partial charge in [0.05, 0.1) is 5.69 Å². The second-order valence-electron chi connectivity index (χ2n) is 7.31. The number of benzene rings is 1. The minimum absolute atomic E-state index is 0.194. The van der Waals surface area contributed by atoms with Gasteiger partial charge in [0.1, 0.15) is 11.3 Å². The molecule has 0 bridgehead atoms. The number of rotatable bonds is 7. The van der Waals surface area contributed by atoms with Crippen LogP contribution in [0.3, 0.4) is 0 Å². The summed E-state index contributed by atoms with van der Waals surface area (Å²) >= 11 is 0. The Balaban J connectivity index is 2.05. The van der Waals surface area contributed by atoms with E-state index in [2.05, 4.69) is 30.9 Å². The highest BCUT2D eigenvalue weighted by Gasteiger charge is 2.18. The van der Waals surface area contributed by atoms with E-state index in [1.54, 1.807) is 23.9 Å². The van der Waals surface area contributed by atoms with Gasteiger partial charge in [-0.05, 0) is 30.0 Å². The van der Waals surface area contributed by atoms with Crippen molar-refractivity contribution >= 4 is 17.0 Å². The third kappa shape index (κ3) is 4.18. The van der Waals surface area contributed by atoms with E-state index in [0.717, 1.165) is 30.6 Å². The first-order valence-electron chi connectivity index (χ1n) is 9.34. The number of anilines is 1. The van der Waals surface area contributed by atoms with Crippen LogP contribution in [-0.2, 0) is 20.0 Å². The molecular weight excluding hydrogens is 345 g/mol. The summed E-state index contributed by atoms with van der Waals surface area (Å²) in [6.07, 6.45) is 1.70. The van der Waals surface area contributed by atoms with Gasteiger partial charge < -0.3 is 4.90 Å². The summed E-state index contributed by atoms with van der Waals surface area (Å²) in [4.78, 5) is 22.4. The number of aryl methyl sites for hydroxylation is 2. The zero-order valence-corrected chi connectivity index (χ0v) is 16.3. The average molecular weight is 371 g/mol. The van der Waals surface area contributed by atoms with Gasteiger partial charge >= 0.3 is 0 Å². The Morgan fingerprint density at radius 2 is 1.96 bits per heavy atom. The molecule has 144 valence electrons. The van der Waals surface area contributed by atoms with Crippen molar-refractivity contribution in [2.24, 2.45) is 13.0 Å². The standard InChI is InChI=1S/C20H26FN5O/c1-5-6-16-17-18(25(4)24-16)19(27)23-20(22-17)26(11-13(2)3)12-14-7-9-15(21)10-8-14/h7-10,13H,5-6,11-12H2,1-4H3,(H,22,23,27). The average Bonchev–Trinajstić information content (AvgIpc) is 2.92. The Labute approximate surface area is 158 Å². The zero-order chi connectivity index (χ0) is 19.6. The van der Waals surface area contributed by atoms with Crippen LogP contribution in [0.25, 0.3) is 11.0 Å². The van der Waals surface area contributed by atoms with Crippen molar-refractivity contribution in [1.29, 1.82) is 0 Å². The third-order valence-corrected chi connectivity index (χ3v) is 4.41. The monoisotopic (exact) mass is 371 g/mol. The molecule has 0 atom stereocenters. The minimum Gasteiger partial charge on any atom is -0.338 e. The van der Waals surface area contributed by atoms with Gasteiger partial charge in [0.15, 0.2) is 5.52 Å². The van der Waals surface area contributed by atoms with E-state index >= 15 is 0 Å². The van der Waals surface area contributed by atoms with Crippen molar-refractivity contribution < 1.29 is 4.39 Å². The molecule has 0 amide bonds. The van der Waals surface area contributed by atoms with E-state index < -0.39 is 0 Å². The van der Waals surface area contributed by atoms with Crippen molar-refractivity contribution in [3.63, 3.8) is 0 Å². The van der Waals surface area contributed by atoms with Crippen LogP contribution in [0.1, 0.15) is 38.4 Å². The number of hydrogen-bond donors (Lipinski definition) is 1.